The predicted octanol–water partition coefficient (Wildman–Crippen LogP) is 1.69. The third-order valence-corrected chi connectivity index (χ3v) is 5.76. The van der Waals surface area contributed by atoms with E-state index in [1.165, 1.54) is 19.2 Å². The minimum Gasteiger partial charge on any atom is -0.464 e. The summed E-state index contributed by atoms with van der Waals surface area (Å²) in [6.07, 6.45) is 1.21. The fraction of sp³-hybridized carbons (Fsp3) is 0.688. The van der Waals surface area contributed by atoms with E-state index < -0.39 is 7.12 Å². The SMILES string of the molecule is COC(=O)c1cc(B2OC(C)(C)C(C)(C)O2)c2n1CC1CC21. The molecule has 0 amide bonds. The molecular formula is C16H22BNO4. The monoisotopic (exact) mass is 303 g/mol. The Bertz CT molecular complexity index is 647. The zero-order valence-electron chi connectivity index (χ0n) is 13.8. The topological polar surface area (TPSA) is 49.7 Å². The summed E-state index contributed by atoms with van der Waals surface area (Å²) in [4.78, 5) is 12.1. The second-order valence-corrected chi connectivity index (χ2v) is 7.66. The standard InChI is InChI=1S/C16H22BNO4/c1-15(2)16(3,4)22-17(21-15)11-7-12(14(19)20-5)18-8-9-6-10(9)13(11)18/h7,9-10H,6,8H2,1-5H3. The zero-order chi connectivity index (χ0) is 15.9. The van der Waals surface area contributed by atoms with E-state index in [9.17, 15) is 4.79 Å². The van der Waals surface area contributed by atoms with Crippen LogP contribution in [0.1, 0.15) is 56.2 Å². The highest BCUT2D eigenvalue weighted by atomic mass is 16.7. The first-order valence-corrected chi connectivity index (χ1v) is 7.92. The number of ether oxygens (including phenoxy) is 1. The summed E-state index contributed by atoms with van der Waals surface area (Å²) in [7, 11) is 1.01. The van der Waals surface area contributed by atoms with Crippen LogP contribution in [-0.2, 0) is 20.6 Å². The van der Waals surface area contributed by atoms with Gasteiger partial charge in [0, 0.05) is 23.6 Å². The van der Waals surface area contributed by atoms with Crippen molar-refractivity contribution in [3.63, 3.8) is 0 Å². The van der Waals surface area contributed by atoms with Gasteiger partial charge in [-0.15, -0.1) is 0 Å². The predicted molar refractivity (Wildman–Crippen MR) is 82.3 cm³/mol. The second-order valence-electron chi connectivity index (χ2n) is 7.66. The number of hydrogen-bond acceptors (Lipinski definition) is 4. The molecule has 22 heavy (non-hydrogen) atoms. The number of rotatable bonds is 2. The van der Waals surface area contributed by atoms with Gasteiger partial charge in [-0.2, -0.15) is 0 Å². The summed E-state index contributed by atoms with van der Waals surface area (Å²) in [5, 5.41) is 0. The second kappa shape index (κ2) is 4.17. The molecule has 3 aliphatic rings. The van der Waals surface area contributed by atoms with E-state index in [0.29, 0.717) is 17.5 Å². The lowest BCUT2D eigenvalue weighted by Gasteiger charge is -2.32. The summed E-state index contributed by atoms with van der Waals surface area (Å²) >= 11 is 0. The minimum atomic E-state index is -0.413. The van der Waals surface area contributed by atoms with Crippen molar-refractivity contribution in [2.75, 3.05) is 7.11 Å². The van der Waals surface area contributed by atoms with Crippen LogP contribution in [0.3, 0.4) is 0 Å². The van der Waals surface area contributed by atoms with E-state index >= 15 is 0 Å². The van der Waals surface area contributed by atoms with Crippen LogP contribution in [0.4, 0.5) is 0 Å². The van der Waals surface area contributed by atoms with Gasteiger partial charge in [0.1, 0.15) is 5.69 Å². The molecule has 1 aromatic rings. The Balaban J connectivity index is 1.76. The zero-order valence-corrected chi connectivity index (χ0v) is 13.8. The molecule has 0 bridgehead atoms. The molecule has 1 aliphatic carbocycles. The molecule has 5 nitrogen and oxygen atoms in total. The maximum absolute atomic E-state index is 12.1. The fourth-order valence-corrected chi connectivity index (χ4v) is 3.65. The molecule has 4 rings (SSSR count). The molecule has 0 aromatic carbocycles. The van der Waals surface area contributed by atoms with Crippen molar-refractivity contribution < 1.29 is 18.8 Å². The number of esters is 1. The van der Waals surface area contributed by atoms with E-state index in [1.54, 1.807) is 0 Å². The van der Waals surface area contributed by atoms with E-state index in [0.717, 1.165) is 12.0 Å². The summed E-state index contributed by atoms with van der Waals surface area (Å²) in [6.45, 7) is 9.09. The smallest absolute Gasteiger partial charge is 0.464 e. The third-order valence-electron chi connectivity index (χ3n) is 5.76. The number of hydrogen-bond donors (Lipinski definition) is 0. The Morgan fingerprint density at radius 2 is 1.95 bits per heavy atom. The van der Waals surface area contributed by atoms with Crippen LogP contribution in [0.5, 0.6) is 0 Å². The quantitative estimate of drug-likeness (QED) is 0.616. The molecule has 1 aromatic heterocycles. The van der Waals surface area contributed by atoms with Crippen molar-refractivity contribution in [1.82, 2.24) is 4.57 Å². The number of nitrogens with zero attached hydrogens (tertiary/aromatic N) is 1. The minimum absolute atomic E-state index is 0.287. The Hall–Kier alpha value is -1.27. The van der Waals surface area contributed by atoms with Crippen molar-refractivity contribution in [2.45, 2.75) is 57.8 Å². The van der Waals surface area contributed by atoms with Gasteiger partial charge < -0.3 is 18.6 Å². The molecule has 1 saturated heterocycles. The van der Waals surface area contributed by atoms with E-state index in [2.05, 4.69) is 4.57 Å². The highest BCUT2D eigenvalue weighted by molar-refractivity contribution is 6.62. The molecule has 2 atom stereocenters. The molecule has 2 fully saturated rings. The van der Waals surface area contributed by atoms with Crippen molar-refractivity contribution in [1.29, 1.82) is 0 Å². The van der Waals surface area contributed by atoms with Crippen LogP contribution in [-0.4, -0.2) is 36.0 Å². The lowest BCUT2D eigenvalue weighted by atomic mass is 9.78. The van der Waals surface area contributed by atoms with Gasteiger partial charge in [-0.1, -0.05) is 0 Å². The van der Waals surface area contributed by atoms with Gasteiger partial charge in [0.15, 0.2) is 0 Å². The molecule has 6 heteroatoms. The Morgan fingerprint density at radius 3 is 2.55 bits per heavy atom. The molecule has 0 N–H and O–H groups in total. The fourth-order valence-electron chi connectivity index (χ4n) is 3.65. The lowest BCUT2D eigenvalue weighted by Crippen LogP contribution is -2.41. The molecule has 3 heterocycles. The number of carbonyl (C=O) groups is 1. The van der Waals surface area contributed by atoms with E-state index in [-0.39, 0.29) is 17.2 Å². The molecule has 1 saturated carbocycles. The molecule has 2 aliphatic heterocycles. The van der Waals surface area contributed by atoms with Crippen LogP contribution in [0, 0.1) is 5.92 Å². The van der Waals surface area contributed by atoms with Crippen LogP contribution >= 0.6 is 0 Å². The van der Waals surface area contributed by atoms with Crippen LogP contribution in [0.2, 0.25) is 0 Å². The van der Waals surface area contributed by atoms with Gasteiger partial charge in [0.25, 0.3) is 0 Å². The van der Waals surface area contributed by atoms with Crippen LogP contribution in [0.15, 0.2) is 6.07 Å². The number of methoxy groups -OCH3 is 1. The number of fused-ring (bicyclic) bond motifs is 3. The Kier molecular flexibility index (Phi) is 2.72. The maximum atomic E-state index is 12.1. The van der Waals surface area contributed by atoms with Crippen LogP contribution in [0.25, 0.3) is 0 Å². The highest BCUT2D eigenvalue weighted by Crippen LogP contribution is 2.54. The molecule has 118 valence electrons. The normalized spacial score (nSPS) is 30.1. The first-order valence-electron chi connectivity index (χ1n) is 7.92. The Labute approximate surface area is 131 Å². The average molecular weight is 303 g/mol. The van der Waals surface area contributed by atoms with Gasteiger partial charge in [0.2, 0.25) is 0 Å². The van der Waals surface area contributed by atoms with Crippen molar-refractivity contribution in [2.24, 2.45) is 5.92 Å². The van der Waals surface area contributed by atoms with Crippen molar-refractivity contribution >= 4 is 18.6 Å². The maximum Gasteiger partial charge on any atom is 0.496 e. The van der Waals surface area contributed by atoms with E-state index in [4.69, 9.17) is 14.0 Å². The first-order chi connectivity index (χ1) is 10.2. The number of carbonyl (C=O) groups excluding carboxylic acids is 1. The first kappa shape index (κ1) is 14.3. The lowest BCUT2D eigenvalue weighted by molar-refractivity contribution is 0.00578. The van der Waals surface area contributed by atoms with Crippen molar-refractivity contribution in [3.05, 3.63) is 17.5 Å². The van der Waals surface area contributed by atoms with Gasteiger partial charge in [-0.3, -0.25) is 0 Å². The highest BCUT2D eigenvalue weighted by Gasteiger charge is 2.56. The van der Waals surface area contributed by atoms with Gasteiger partial charge in [-0.05, 0) is 46.1 Å². The van der Waals surface area contributed by atoms with E-state index in [1.807, 2.05) is 33.8 Å². The summed E-state index contributed by atoms with van der Waals surface area (Å²) in [5.74, 6) is 0.929. The largest absolute Gasteiger partial charge is 0.496 e. The Morgan fingerprint density at radius 1 is 1.32 bits per heavy atom. The molecule has 0 radical (unpaired) electrons. The number of aromatic nitrogens is 1. The van der Waals surface area contributed by atoms with Crippen LogP contribution < -0.4 is 5.46 Å². The molecule has 0 spiro atoms. The van der Waals surface area contributed by atoms with Gasteiger partial charge in [-0.25, -0.2) is 4.79 Å². The molecular weight excluding hydrogens is 281 g/mol. The average Bonchev–Trinajstić information content (AvgIpc) is 2.84. The van der Waals surface area contributed by atoms with Gasteiger partial charge in [0.05, 0.1) is 18.3 Å². The van der Waals surface area contributed by atoms with Gasteiger partial charge >= 0.3 is 13.1 Å². The third kappa shape index (κ3) is 1.77. The summed E-state index contributed by atoms with van der Waals surface area (Å²) in [6, 6.07) is 1.90. The van der Waals surface area contributed by atoms with Crippen molar-refractivity contribution in [3.8, 4) is 0 Å². The summed E-state index contributed by atoms with van der Waals surface area (Å²) in [5.41, 5.74) is 2.08. The summed E-state index contributed by atoms with van der Waals surface area (Å²) < 4.78 is 19.4. The molecule has 2 unspecified atom stereocenters.